The van der Waals surface area contributed by atoms with E-state index >= 15 is 0 Å². The molecule has 0 amide bonds. The van der Waals surface area contributed by atoms with Gasteiger partial charge in [0.15, 0.2) is 0 Å². The molecule has 2 rings (SSSR count). The van der Waals surface area contributed by atoms with Gasteiger partial charge in [-0.1, -0.05) is 13.3 Å². The molecule has 102 valence electrons. The summed E-state index contributed by atoms with van der Waals surface area (Å²) in [6.45, 7) is 7.74. The molecule has 1 N–H and O–H groups in total. The molecule has 18 heavy (non-hydrogen) atoms. The van der Waals surface area contributed by atoms with Crippen molar-refractivity contribution in [2.75, 3.05) is 13.1 Å². The summed E-state index contributed by atoms with van der Waals surface area (Å²) in [5.74, 6) is 1.02. The summed E-state index contributed by atoms with van der Waals surface area (Å²) >= 11 is 0. The van der Waals surface area contributed by atoms with Gasteiger partial charge >= 0.3 is 0 Å². The maximum absolute atomic E-state index is 5.32. The minimum absolute atomic E-state index is 0.624. The van der Waals surface area contributed by atoms with Crippen LogP contribution < -0.4 is 5.32 Å². The number of nitrogens with zero attached hydrogens (tertiary/aromatic N) is 1. The third kappa shape index (κ3) is 4.14. The van der Waals surface area contributed by atoms with E-state index in [4.69, 9.17) is 4.42 Å². The molecule has 1 aliphatic carbocycles. The molecule has 0 bridgehead atoms. The Bertz CT molecular complexity index is 319. The standard InChI is InChI=1S/C15H26N2O/c1-3-4-9-17(14-7-8-14)13(2)11-16-12-15-6-5-10-18-15/h5-6,10,13-14,16H,3-4,7-9,11-12H2,1-2H3. The molecule has 3 heteroatoms. The molecule has 0 aliphatic heterocycles. The number of furan rings is 1. The summed E-state index contributed by atoms with van der Waals surface area (Å²) in [6.07, 6.45) is 7.13. The van der Waals surface area contributed by atoms with Crippen LogP contribution in [-0.4, -0.2) is 30.1 Å². The van der Waals surface area contributed by atoms with Crippen molar-refractivity contribution in [1.82, 2.24) is 10.2 Å². The molecular formula is C15H26N2O. The number of unbranched alkanes of at least 4 members (excludes halogenated alkanes) is 1. The van der Waals surface area contributed by atoms with E-state index in [9.17, 15) is 0 Å². The molecule has 0 spiro atoms. The molecule has 3 nitrogen and oxygen atoms in total. The van der Waals surface area contributed by atoms with Gasteiger partial charge in [0.2, 0.25) is 0 Å². The van der Waals surface area contributed by atoms with Crippen molar-refractivity contribution in [3.63, 3.8) is 0 Å². The van der Waals surface area contributed by atoms with Gasteiger partial charge in [-0.25, -0.2) is 0 Å². The van der Waals surface area contributed by atoms with Crippen molar-refractivity contribution in [2.45, 2.75) is 58.2 Å². The quantitative estimate of drug-likeness (QED) is 0.730. The topological polar surface area (TPSA) is 28.4 Å². The zero-order chi connectivity index (χ0) is 12.8. The van der Waals surface area contributed by atoms with Crippen LogP contribution in [0.2, 0.25) is 0 Å². The van der Waals surface area contributed by atoms with Gasteiger partial charge in [-0.2, -0.15) is 0 Å². The van der Waals surface area contributed by atoms with Crippen molar-refractivity contribution in [2.24, 2.45) is 0 Å². The second-order valence-electron chi connectivity index (χ2n) is 5.38. The Hall–Kier alpha value is -0.800. The zero-order valence-corrected chi connectivity index (χ0v) is 11.7. The number of nitrogens with one attached hydrogen (secondary N) is 1. The van der Waals surface area contributed by atoms with Gasteiger partial charge in [0.05, 0.1) is 12.8 Å². The van der Waals surface area contributed by atoms with E-state index in [-0.39, 0.29) is 0 Å². The van der Waals surface area contributed by atoms with Crippen LogP contribution in [0.3, 0.4) is 0 Å². The largest absolute Gasteiger partial charge is 0.468 e. The van der Waals surface area contributed by atoms with Crippen molar-refractivity contribution in [1.29, 1.82) is 0 Å². The molecule has 1 aliphatic rings. The van der Waals surface area contributed by atoms with E-state index < -0.39 is 0 Å². The van der Waals surface area contributed by atoms with Crippen LogP contribution >= 0.6 is 0 Å². The first-order chi connectivity index (χ1) is 8.81. The fraction of sp³-hybridized carbons (Fsp3) is 0.733. The van der Waals surface area contributed by atoms with Gasteiger partial charge < -0.3 is 9.73 Å². The van der Waals surface area contributed by atoms with Crippen molar-refractivity contribution >= 4 is 0 Å². The van der Waals surface area contributed by atoms with Gasteiger partial charge in [-0.3, -0.25) is 4.90 Å². The van der Waals surface area contributed by atoms with E-state index in [0.717, 1.165) is 24.9 Å². The predicted molar refractivity (Wildman–Crippen MR) is 74.5 cm³/mol. The summed E-state index contributed by atoms with van der Waals surface area (Å²) in [4.78, 5) is 2.68. The molecule has 1 aromatic heterocycles. The van der Waals surface area contributed by atoms with Gasteiger partial charge in [0, 0.05) is 18.6 Å². The van der Waals surface area contributed by atoms with Crippen molar-refractivity contribution in [3.8, 4) is 0 Å². The van der Waals surface area contributed by atoms with Crippen LogP contribution in [0.5, 0.6) is 0 Å². The Morgan fingerprint density at radius 3 is 2.94 bits per heavy atom. The molecule has 1 heterocycles. The summed E-state index contributed by atoms with van der Waals surface area (Å²) in [5.41, 5.74) is 0. The normalized spacial score (nSPS) is 17.3. The highest BCUT2D eigenvalue weighted by Crippen LogP contribution is 2.28. The van der Waals surface area contributed by atoms with Crippen molar-refractivity contribution in [3.05, 3.63) is 24.2 Å². The third-order valence-electron chi connectivity index (χ3n) is 3.67. The smallest absolute Gasteiger partial charge is 0.117 e. The monoisotopic (exact) mass is 250 g/mol. The zero-order valence-electron chi connectivity index (χ0n) is 11.7. The van der Waals surface area contributed by atoms with E-state index in [1.165, 1.54) is 32.2 Å². The number of hydrogen-bond acceptors (Lipinski definition) is 3. The maximum atomic E-state index is 5.32. The fourth-order valence-corrected chi connectivity index (χ4v) is 2.44. The summed E-state index contributed by atoms with van der Waals surface area (Å²) in [6, 6.07) is 5.45. The highest BCUT2D eigenvalue weighted by molar-refractivity contribution is 4.97. The summed E-state index contributed by atoms with van der Waals surface area (Å²) in [7, 11) is 0. The van der Waals surface area contributed by atoms with Gasteiger partial charge in [-0.15, -0.1) is 0 Å². The average molecular weight is 250 g/mol. The molecule has 0 radical (unpaired) electrons. The maximum Gasteiger partial charge on any atom is 0.117 e. The molecule has 0 aromatic carbocycles. The predicted octanol–water partition coefficient (Wildman–Crippen LogP) is 3.02. The van der Waals surface area contributed by atoms with Gasteiger partial charge in [0.25, 0.3) is 0 Å². The fourth-order valence-electron chi connectivity index (χ4n) is 2.44. The summed E-state index contributed by atoms with van der Waals surface area (Å²) in [5, 5.41) is 3.49. The van der Waals surface area contributed by atoms with Gasteiger partial charge in [0.1, 0.15) is 5.76 Å². The Labute approximate surface area is 111 Å². The lowest BCUT2D eigenvalue weighted by Crippen LogP contribution is -2.42. The Morgan fingerprint density at radius 1 is 1.50 bits per heavy atom. The first-order valence-corrected chi connectivity index (χ1v) is 7.30. The lowest BCUT2D eigenvalue weighted by atomic mass is 10.2. The lowest BCUT2D eigenvalue weighted by Gasteiger charge is -2.29. The van der Waals surface area contributed by atoms with E-state index in [2.05, 4.69) is 24.1 Å². The molecule has 1 aromatic rings. The Morgan fingerprint density at radius 2 is 2.33 bits per heavy atom. The molecule has 0 saturated heterocycles. The van der Waals surface area contributed by atoms with E-state index in [0.29, 0.717) is 6.04 Å². The van der Waals surface area contributed by atoms with Crippen LogP contribution in [0.4, 0.5) is 0 Å². The SMILES string of the molecule is CCCCN(C(C)CNCc1ccco1)C1CC1. The number of hydrogen-bond donors (Lipinski definition) is 1. The van der Waals surface area contributed by atoms with Crippen LogP contribution in [0.25, 0.3) is 0 Å². The van der Waals surface area contributed by atoms with E-state index in [1.54, 1.807) is 6.26 Å². The first-order valence-electron chi connectivity index (χ1n) is 7.30. The van der Waals surface area contributed by atoms with Crippen LogP contribution in [-0.2, 0) is 6.54 Å². The third-order valence-corrected chi connectivity index (χ3v) is 3.67. The summed E-state index contributed by atoms with van der Waals surface area (Å²) < 4.78 is 5.32. The second kappa shape index (κ2) is 6.95. The second-order valence-corrected chi connectivity index (χ2v) is 5.38. The number of rotatable bonds is 9. The highest BCUT2D eigenvalue weighted by atomic mass is 16.3. The molecule has 1 atom stereocenters. The molecule has 1 unspecified atom stereocenters. The minimum Gasteiger partial charge on any atom is -0.468 e. The average Bonchev–Trinajstić information content (AvgIpc) is 3.06. The Balaban J connectivity index is 1.69. The van der Waals surface area contributed by atoms with Crippen LogP contribution in [0.15, 0.2) is 22.8 Å². The van der Waals surface area contributed by atoms with Crippen molar-refractivity contribution < 1.29 is 4.42 Å². The molecule has 1 saturated carbocycles. The molecular weight excluding hydrogens is 224 g/mol. The van der Waals surface area contributed by atoms with Gasteiger partial charge in [-0.05, 0) is 44.9 Å². The van der Waals surface area contributed by atoms with Crippen LogP contribution in [0, 0.1) is 0 Å². The molecule has 1 fully saturated rings. The lowest BCUT2D eigenvalue weighted by molar-refractivity contribution is 0.190. The first kappa shape index (κ1) is 13.6. The Kier molecular flexibility index (Phi) is 5.26. The highest BCUT2D eigenvalue weighted by Gasteiger charge is 2.31. The minimum atomic E-state index is 0.624. The van der Waals surface area contributed by atoms with E-state index in [1.807, 2.05) is 12.1 Å². The van der Waals surface area contributed by atoms with Crippen LogP contribution in [0.1, 0.15) is 45.3 Å².